The molecule has 4 heteroatoms. The maximum Gasteiger partial charge on any atom is 0.123 e. The van der Waals surface area contributed by atoms with Crippen molar-refractivity contribution in [3.8, 4) is 11.5 Å². The first-order valence-electron chi connectivity index (χ1n) is 7.35. The van der Waals surface area contributed by atoms with Crippen molar-refractivity contribution in [3.63, 3.8) is 0 Å². The largest absolute Gasteiger partial charge is 0.497 e. The van der Waals surface area contributed by atoms with Gasteiger partial charge in [0.1, 0.15) is 11.5 Å². The molecule has 1 saturated heterocycles. The third-order valence-electron chi connectivity index (χ3n) is 4.26. The molecule has 20 heavy (non-hydrogen) atoms. The van der Waals surface area contributed by atoms with Crippen LogP contribution < -0.4 is 14.8 Å². The van der Waals surface area contributed by atoms with Crippen molar-refractivity contribution in [1.82, 2.24) is 10.2 Å². The molecule has 1 aliphatic rings. The highest BCUT2D eigenvalue weighted by atomic mass is 16.5. The van der Waals surface area contributed by atoms with Crippen LogP contribution in [-0.4, -0.2) is 45.8 Å². The number of nitrogens with zero attached hydrogens (tertiary/aromatic N) is 1. The fourth-order valence-corrected chi connectivity index (χ4v) is 3.28. The van der Waals surface area contributed by atoms with Crippen LogP contribution in [-0.2, 0) is 0 Å². The monoisotopic (exact) mass is 278 g/mol. The molecule has 2 atom stereocenters. The number of benzene rings is 1. The maximum atomic E-state index is 5.57. The van der Waals surface area contributed by atoms with Gasteiger partial charge in [-0.3, -0.25) is 4.90 Å². The Morgan fingerprint density at radius 1 is 1.30 bits per heavy atom. The van der Waals surface area contributed by atoms with Crippen molar-refractivity contribution in [1.29, 1.82) is 0 Å². The molecule has 2 rings (SSSR count). The van der Waals surface area contributed by atoms with Gasteiger partial charge in [0.15, 0.2) is 0 Å². The maximum absolute atomic E-state index is 5.57. The van der Waals surface area contributed by atoms with Crippen molar-refractivity contribution < 1.29 is 9.47 Å². The fourth-order valence-electron chi connectivity index (χ4n) is 3.28. The topological polar surface area (TPSA) is 33.7 Å². The number of likely N-dealkylation sites (tertiary alicyclic amines) is 1. The van der Waals surface area contributed by atoms with E-state index in [0.29, 0.717) is 12.0 Å². The zero-order chi connectivity index (χ0) is 14.5. The molecule has 2 unspecified atom stereocenters. The lowest BCUT2D eigenvalue weighted by Crippen LogP contribution is -2.29. The first-order chi connectivity index (χ1) is 9.74. The van der Waals surface area contributed by atoms with E-state index in [2.05, 4.69) is 23.2 Å². The van der Waals surface area contributed by atoms with Crippen LogP contribution in [0, 0.1) is 5.92 Å². The second-order valence-corrected chi connectivity index (χ2v) is 5.29. The summed E-state index contributed by atoms with van der Waals surface area (Å²) < 4.78 is 11.0. The summed E-state index contributed by atoms with van der Waals surface area (Å²) in [5.74, 6) is 2.46. The van der Waals surface area contributed by atoms with Crippen molar-refractivity contribution in [2.24, 2.45) is 5.92 Å². The zero-order valence-electron chi connectivity index (χ0n) is 13.0. The van der Waals surface area contributed by atoms with Gasteiger partial charge in [-0.15, -0.1) is 0 Å². The number of ether oxygens (including phenoxy) is 2. The van der Waals surface area contributed by atoms with Crippen LogP contribution in [0.15, 0.2) is 18.2 Å². The molecule has 0 amide bonds. The number of hydrogen-bond donors (Lipinski definition) is 1. The Labute approximate surface area is 122 Å². The Morgan fingerprint density at radius 2 is 2.10 bits per heavy atom. The molecule has 1 N–H and O–H groups in total. The average molecular weight is 278 g/mol. The minimum absolute atomic E-state index is 0.400. The van der Waals surface area contributed by atoms with Crippen molar-refractivity contribution in [2.45, 2.75) is 19.4 Å². The molecule has 0 saturated carbocycles. The summed E-state index contributed by atoms with van der Waals surface area (Å²) in [6, 6.07) is 6.50. The second kappa shape index (κ2) is 6.95. The first-order valence-corrected chi connectivity index (χ1v) is 7.35. The van der Waals surface area contributed by atoms with Gasteiger partial charge in [0.05, 0.1) is 14.2 Å². The molecular weight excluding hydrogens is 252 g/mol. The first kappa shape index (κ1) is 15.1. The predicted octanol–water partition coefficient (Wildman–Crippen LogP) is 2.31. The Balaban J connectivity index is 2.38. The number of rotatable bonds is 6. The molecule has 1 aromatic carbocycles. The molecule has 0 aromatic heterocycles. The Kier molecular flexibility index (Phi) is 5.26. The number of nitrogens with one attached hydrogen (secondary N) is 1. The molecule has 0 bridgehead atoms. The minimum Gasteiger partial charge on any atom is -0.497 e. The van der Waals surface area contributed by atoms with Gasteiger partial charge in [-0.05, 0) is 57.2 Å². The summed E-state index contributed by atoms with van der Waals surface area (Å²) in [5.41, 5.74) is 1.24. The molecule has 112 valence electrons. The molecule has 0 radical (unpaired) electrons. The summed E-state index contributed by atoms with van der Waals surface area (Å²) in [6.45, 7) is 5.46. The summed E-state index contributed by atoms with van der Waals surface area (Å²) in [5, 5.41) is 3.32. The average Bonchev–Trinajstić information content (AvgIpc) is 2.89. The van der Waals surface area contributed by atoms with Gasteiger partial charge >= 0.3 is 0 Å². The lowest BCUT2D eigenvalue weighted by atomic mass is 9.92. The minimum atomic E-state index is 0.400. The number of methoxy groups -OCH3 is 2. The van der Waals surface area contributed by atoms with Gasteiger partial charge in [-0.1, -0.05) is 6.92 Å². The van der Waals surface area contributed by atoms with Crippen LogP contribution >= 0.6 is 0 Å². The molecule has 1 fully saturated rings. The van der Waals surface area contributed by atoms with Gasteiger partial charge < -0.3 is 14.8 Å². The van der Waals surface area contributed by atoms with E-state index < -0.39 is 0 Å². The van der Waals surface area contributed by atoms with E-state index in [1.54, 1.807) is 14.2 Å². The van der Waals surface area contributed by atoms with E-state index in [9.17, 15) is 0 Å². The van der Waals surface area contributed by atoms with E-state index in [-0.39, 0.29) is 0 Å². The normalized spacial score (nSPS) is 23.0. The Morgan fingerprint density at radius 3 is 2.70 bits per heavy atom. The van der Waals surface area contributed by atoms with Crippen LogP contribution in [0.5, 0.6) is 11.5 Å². The predicted molar refractivity (Wildman–Crippen MR) is 81.6 cm³/mol. The summed E-state index contributed by atoms with van der Waals surface area (Å²) in [7, 11) is 5.47. The highest BCUT2D eigenvalue weighted by molar-refractivity contribution is 5.43. The highest BCUT2D eigenvalue weighted by Gasteiger charge is 2.35. The second-order valence-electron chi connectivity index (χ2n) is 5.29. The standard InChI is InChI=1S/C16H26N2O2/c1-5-18-9-8-12(11-17-2)16(18)14-10-13(19-3)6-7-15(14)20-4/h6-7,10,12,16-17H,5,8-9,11H2,1-4H3. The molecule has 1 aromatic rings. The van der Waals surface area contributed by atoms with Gasteiger partial charge in [0.2, 0.25) is 0 Å². The van der Waals surface area contributed by atoms with E-state index >= 15 is 0 Å². The molecule has 0 spiro atoms. The van der Waals surface area contributed by atoms with Crippen LogP contribution in [0.1, 0.15) is 24.9 Å². The van der Waals surface area contributed by atoms with E-state index in [1.807, 2.05) is 19.2 Å². The summed E-state index contributed by atoms with van der Waals surface area (Å²) >= 11 is 0. The fraction of sp³-hybridized carbons (Fsp3) is 0.625. The molecule has 0 aliphatic carbocycles. The summed E-state index contributed by atoms with van der Waals surface area (Å²) in [6.07, 6.45) is 1.22. The van der Waals surface area contributed by atoms with E-state index in [1.165, 1.54) is 12.0 Å². The third-order valence-corrected chi connectivity index (χ3v) is 4.26. The van der Waals surface area contributed by atoms with E-state index in [4.69, 9.17) is 9.47 Å². The van der Waals surface area contributed by atoms with E-state index in [0.717, 1.165) is 31.1 Å². The van der Waals surface area contributed by atoms with Gasteiger partial charge in [-0.2, -0.15) is 0 Å². The summed E-state index contributed by atoms with van der Waals surface area (Å²) in [4.78, 5) is 2.53. The van der Waals surface area contributed by atoms with Gasteiger partial charge in [0.25, 0.3) is 0 Å². The van der Waals surface area contributed by atoms with Crippen molar-refractivity contribution >= 4 is 0 Å². The van der Waals surface area contributed by atoms with Crippen molar-refractivity contribution in [3.05, 3.63) is 23.8 Å². The van der Waals surface area contributed by atoms with Crippen LogP contribution in [0.25, 0.3) is 0 Å². The molecule has 1 aliphatic heterocycles. The SMILES string of the molecule is CCN1CCC(CNC)C1c1cc(OC)ccc1OC. The highest BCUT2D eigenvalue weighted by Crippen LogP contribution is 2.42. The lowest BCUT2D eigenvalue weighted by Gasteiger charge is -2.29. The molecule has 1 heterocycles. The zero-order valence-corrected chi connectivity index (χ0v) is 13.0. The molecular formula is C16H26N2O2. The van der Waals surface area contributed by atoms with Gasteiger partial charge in [-0.25, -0.2) is 0 Å². The van der Waals surface area contributed by atoms with Crippen LogP contribution in [0.4, 0.5) is 0 Å². The lowest BCUT2D eigenvalue weighted by molar-refractivity contribution is 0.231. The van der Waals surface area contributed by atoms with Crippen LogP contribution in [0.3, 0.4) is 0 Å². The van der Waals surface area contributed by atoms with Crippen molar-refractivity contribution in [2.75, 3.05) is 40.9 Å². The smallest absolute Gasteiger partial charge is 0.123 e. The third kappa shape index (κ3) is 2.91. The Bertz CT molecular complexity index is 436. The number of hydrogen-bond acceptors (Lipinski definition) is 4. The quantitative estimate of drug-likeness (QED) is 0.866. The van der Waals surface area contributed by atoms with Gasteiger partial charge in [0, 0.05) is 11.6 Å². The molecule has 4 nitrogen and oxygen atoms in total. The van der Waals surface area contributed by atoms with Crippen LogP contribution in [0.2, 0.25) is 0 Å². The Hall–Kier alpha value is -1.26.